The minimum Gasteiger partial charge on any atom is -0.464 e. The zero-order valence-corrected chi connectivity index (χ0v) is 28.5. The lowest BCUT2D eigenvalue weighted by Gasteiger charge is -2.64. The molecule has 46 heavy (non-hydrogen) atoms. The number of hydrogen-bond acceptors (Lipinski definition) is 12. The molecular formula is C34H58N4O8. The van der Waals surface area contributed by atoms with Crippen LogP contribution in [0, 0.1) is 46.3 Å². The first-order chi connectivity index (χ1) is 21.8. The van der Waals surface area contributed by atoms with E-state index in [0.717, 1.165) is 25.7 Å². The third-order valence-corrected chi connectivity index (χ3v) is 12.4. The second-order valence-corrected chi connectivity index (χ2v) is 15.1. The van der Waals surface area contributed by atoms with E-state index in [2.05, 4.69) is 20.8 Å². The van der Waals surface area contributed by atoms with E-state index in [9.17, 15) is 19.2 Å². The fourth-order valence-corrected chi connectivity index (χ4v) is 10.1. The summed E-state index contributed by atoms with van der Waals surface area (Å²) in [4.78, 5) is 52.2. The lowest BCUT2D eigenvalue weighted by molar-refractivity contribution is -0.225. The van der Waals surface area contributed by atoms with Crippen molar-refractivity contribution >= 4 is 23.9 Å². The maximum Gasteiger partial charge on any atom is 0.319 e. The fourth-order valence-electron chi connectivity index (χ4n) is 10.1. The minimum atomic E-state index is -0.427. The number of carbonyl (C=O) groups is 4. The van der Waals surface area contributed by atoms with Crippen molar-refractivity contribution in [2.45, 2.75) is 96.9 Å². The number of hydrogen-bond donors (Lipinski definition) is 3. The fraction of sp³-hybridized carbons (Fsp3) is 0.882. The van der Waals surface area contributed by atoms with Crippen LogP contribution in [0.1, 0.15) is 78.6 Å². The van der Waals surface area contributed by atoms with E-state index in [4.69, 9.17) is 36.1 Å². The number of fused-ring (bicyclic) bond motifs is 5. The summed E-state index contributed by atoms with van der Waals surface area (Å²) in [5.74, 6) is -0.660. The quantitative estimate of drug-likeness (QED) is 0.195. The molecule has 4 aliphatic rings. The molecule has 0 amide bonds. The van der Waals surface area contributed by atoms with Crippen molar-refractivity contribution in [2.24, 2.45) is 63.5 Å². The van der Waals surface area contributed by atoms with E-state index in [1.807, 2.05) is 19.0 Å². The highest BCUT2D eigenvalue weighted by molar-refractivity contribution is 5.72. The first-order valence-corrected chi connectivity index (χ1v) is 17.3. The van der Waals surface area contributed by atoms with Crippen LogP contribution < -0.4 is 17.2 Å². The van der Waals surface area contributed by atoms with Crippen LogP contribution in [0.2, 0.25) is 0 Å². The van der Waals surface area contributed by atoms with Crippen LogP contribution in [0.5, 0.6) is 0 Å². The lowest BCUT2D eigenvalue weighted by Crippen LogP contribution is -2.63. The van der Waals surface area contributed by atoms with Gasteiger partial charge >= 0.3 is 23.9 Å². The minimum absolute atomic E-state index is 0.0610. The highest BCUT2D eigenvalue weighted by Crippen LogP contribution is 2.69. The maximum atomic E-state index is 12.8. The average Bonchev–Trinajstić information content (AvgIpc) is 3.38. The third kappa shape index (κ3) is 7.55. The molecule has 0 aromatic carbocycles. The summed E-state index contributed by atoms with van der Waals surface area (Å²) < 4.78 is 23.6. The largest absolute Gasteiger partial charge is 0.464 e. The molecule has 0 aromatic rings. The van der Waals surface area contributed by atoms with E-state index >= 15 is 0 Å². The Morgan fingerprint density at radius 3 is 2.13 bits per heavy atom. The van der Waals surface area contributed by atoms with Crippen molar-refractivity contribution in [3.63, 3.8) is 0 Å². The molecule has 0 spiro atoms. The summed E-state index contributed by atoms with van der Waals surface area (Å²) in [5.41, 5.74) is 16.5. The van der Waals surface area contributed by atoms with Crippen molar-refractivity contribution < 1.29 is 38.1 Å². The molecule has 0 aliphatic heterocycles. The molecule has 12 nitrogen and oxygen atoms in total. The Morgan fingerprint density at radius 1 is 0.826 bits per heavy atom. The van der Waals surface area contributed by atoms with E-state index < -0.39 is 23.3 Å². The van der Waals surface area contributed by atoms with E-state index in [-0.39, 0.29) is 84.8 Å². The number of carbonyl (C=O) groups excluding carboxylic acids is 4. The summed E-state index contributed by atoms with van der Waals surface area (Å²) >= 11 is 0. The monoisotopic (exact) mass is 650 g/mol. The van der Waals surface area contributed by atoms with Crippen LogP contribution in [0.25, 0.3) is 0 Å². The Labute approximate surface area is 274 Å². The van der Waals surface area contributed by atoms with Crippen LogP contribution in [0.3, 0.4) is 0 Å². The van der Waals surface area contributed by atoms with Crippen LogP contribution in [0.15, 0.2) is 0 Å². The molecule has 0 heterocycles. The molecule has 6 N–H and O–H groups in total. The zero-order valence-electron chi connectivity index (χ0n) is 28.5. The number of esters is 4. The highest BCUT2D eigenvalue weighted by atomic mass is 16.6. The number of ether oxygens (including phenoxy) is 4. The van der Waals surface area contributed by atoms with Gasteiger partial charge in [-0.2, -0.15) is 0 Å². The molecule has 0 saturated heterocycles. The molecule has 4 rings (SSSR count). The summed E-state index contributed by atoms with van der Waals surface area (Å²) in [6.07, 6.45) is 5.43. The lowest BCUT2D eigenvalue weighted by atomic mass is 9.43. The van der Waals surface area contributed by atoms with Gasteiger partial charge in [0.2, 0.25) is 0 Å². The number of rotatable bonds is 13. The first kappa shape index (κ1) is 36.6. The van der Waals surface area contributed by atoms with Gasteiger partial charge in [-0.25, -0.2) is 0 Å². The van der Waals surface area contributed by atoms with Crippen molar-refractivity contribution in [1.82, 2.24) is 4.90 Å². The Hall–Kier alpha value is -2.28. The molecule has 4 saturated carbocycles. The first-order valence-electron chi connectivity index (χ1n) is 17.3. The predicted octanol–water partition coefficient (Wildman–Crippen LogP) is 2.00. The van der Waals surface area contributed by atoms with Gasteiger partial charge in [0.05, 0.1) is 19.6 Å². The van der Waals surface area contributed by atoms with Gasteiger partial charge in [-0.15, -0.1) is 0 Å². The number of nitrogens with two attached hydrogens (primary N) is 3. The van der Waals surface area contributed by atoms with Crippen molar-refractivity contribution in [3.05, 3.63) is 0 Å². The molecule has 4 aliphatic carbocycles. The smallest absolute Gasteiger partial charge is 0.319 e. The van der Waals surface area contributed by atoms with Crippen LogP contribution >= 0.6 is 0 Å². The highest BCUT2D eigenvalue weighted by Gasteiger charge is 2.67. The van der Waals surface area contributed by atoms with Gasteiger partial charge < -0.3 is 41.0 Å². The molecule has 12 heteroatoms. The number of nitrogens with zero attached hydrogens (tertiary/aromatic N) is 1. The molecular weight excluding hydrogens is 592 g/mol. The van der Waals surface area contributed by atoms with Crippen molar-refractivity contribution in [2.75, 3.05) is 46.9 Å². The molecule has 0 radical (unpaired) electrons. The van der Waals surface area contributed by atoms with Gasteiger partial charge in [-0.1, -0.05) is 20.8 Å². The Balaban J connectivity index is 1.63. The topological polar surface area (TPSA) is 186 Å². The second-order valence-electron chi connectivity index (χ2n) is 15.1. The van der Waals surface area contributed by atoms with E-state index in [0.29, 0.717) is 45.3 Å². The molecule has 262 valence electrons. The second kappa shape index (κ2) is 15.3. The van der Waals surface area contributed by atoms with Gasteiger partial charge in [0.1, 0.15) is 24.9 Å². The van der Waals surface area contributed by atoms with E-state index in [1.54, 1.807) is 0 Å². The van der Waals surface area contributed by atoms with Crippen molar-refractivity contribution in [3.8, 4) is 0 Å². The van der Waals surface area contributed by atoms with Gasteiger partial charge in [-0.3, -0.25) is 19.2 Å². The van der Waals surface area contributed by atoms with Gasteiger partial charge in [0.25, 0.3) is 0 Å². The third-order valence-electron chi connectivity index (χ3n) is 12.4. The molecule has 11 atom stereocenters. The van der Waals surface area contributed by atoms with Crippen molar-refractivity contribution in [1.29, 1.82) is 0 Å². The van der Waals surface area contributed by atoms with E-state index in [1.165, 1.54) is 0 Å². The predicted molar refractivity (Wildman–Crippen MR) is 171 cm³/mol. The van der Waals surface area contributed by atoms with Crippen LogP contribution in [-0.2, 0) is 38.1 Å². The molecule has 4 unspecified atom stereocenters. The summed E-state index contributed by atoms with van der Waals surface area (Å²) in [7, 11) is 3.88. The molecule has 4 fully saturated rings. The SMILES string of the molecule is C[C@H](CCC(=O)OCCN(C)C)C1CC[C@H]2C3[C@H](OC(=O)CN)CC4C[C@H](OC(=O)CN)CC[C@]4(C)[C@H]3C[C@H](OC(=O)CN)C12C. The average molecular weight is 651 g/mol. The standard InChI is InChI=1S/C34H58N4O8/c1-20(6-9-28(39)43-13-12-38(4)5)23-7-8-24-32-25(16-27(34(23,24)3)46-31(42)19-37)33(2)11-10-22(44-29(40)17-35)14-21(33)15-26(32)45-30(41)18-36/h20-27,32H,6-19,35-37H2,1-5H3/t20-,21?,22-,23?,24+,25+,26-,27+,32?,33+,34?/m1/s1. The Morgan fingerprint density at radius 2 is 1.48 bits per heavy atom. The Bertz CT molecular complexity index is 1110. The van der Waals surface area contributed by atoms with Gasteiger partial charge in [0.15, 0.2) is 0 Å². The Kier molecular flexibility index (Phi) is 12.2. The summed E-state index contributed by atoms with van der Waals surface area (Å²) in [6, 6.07) is 0. The van der Waals surface area contributed by atoms with Gasteiger partial charge in [0, 0.05) is 24.3 Å². The maximum absolute atomic E-state index is 12.8. The number of likely N-dealkylation sites (N-methyl/N-ethyl adjacent to an activating group) is 1. The van der Waals surface area contributed by atoms with Crippen LogP contribution in [-0.4, -0.2) is 94.0 Å². The summed E-state index contributed by atoms with van der Waals surface area (Å²) in [5, 5.41) is 0. The van der Waals surface area contributed by atoms with Crippen LogP contribution in [0.4, 0.5) is 0 Å². The molecule has 0 bridgehead atoms. The van der Waals surface area contributed by atoms with Gasteiger partial charge in [-0.05, 0) is 100 Å². The normalized spacial score (nSPS) is 37.3. The zero-order chi connectivity index (χ0) is 33.8. The summed E-state index contributed by atoms with van der Waals surface area (Å²) in [6.45, 7) is 7.23. The molecule has 0 aromatic heterocycles.